The van der Waals surface area contributed by atoms with Gasteiger partial charge in [-0.2, -0.15) is 0 Å². The van der Waals surface area contributed by atoms with Crippen molar-refractivity contribution >= 4 is 23.3 Å². The summed E-state index contributed by atoms with van der Waals surface area (Å²) >= 11 is 5.14. The Hall–Kier alpha value is -2.08. The summed E-state index contributed by atoms with van der Waals surface area (Å²) in [5, 5.41) is 0. The molecule has 0 atom stereocenters. The van der Waals surface area contributed by atoms with Crippen molar-refractivity contribution in [2.75, 3.05) is 0 Å². The van der Waals surface area contributed by atoms with Gasteiger partial charge >= 0.3 is 0 Å². The van der Waals surface area contributed by atoms with Crippen LogP contribution in [0.1, 0.15) is 5.56 Å². The van der Waals surface area contributed by atoms with Crippen LogP contribution < -0.4 is 0 Å². The molecule has 0 unspecified atom stereocenters. The van der Waals surface area contributed by atoms with Gasteiger partial charge in [-0.25, -0.2) is 13.2 Å². The summed E-state index contributed by atoms with van der Waals surface area (Å²) in [7, 11) is 0. The number of aromatic amines is 1. The van der Waals surface area contributed by atoms with E-state index in [2.05, 4.69) is 4.98 Å². The van der Waals surface area contributed by atoms with E-state index < -0.39 is 11.6 Å². The van der Waals surface area contributed by atoms with Crippen LogP contribution in [0.5, 0.6) is 0 Å². The molecule has 2 nitrogen and oxygen atoms in total. The minimum atomic E-state index is -0.719. The van der Waals surface area contributed by atoms with E-state index >= 15 is 0 Å². The molecule has 1 heterocycles. The molecule has 0 spiro atoms. The van der Waals surface area contributed by atoms with Gasteiger partial charge in [-0.15, -0.1) is 0 Å². The quantitative estimate of drug-likeness (QED) is 0.659. The maximum atomic E-state index is 13.7. The number of aryl methyl sites for hydroxylation is 1. The highest BCUT2D eigenvalue weighted by atomic mass is 32.1. The Morgan fingerprint density at radius 2 is 1.80 bits per heavy atom. The summed E-state index contributed by atoms with van der Waals surface area (Å²) in [4.78, 5) is 2.70. The van der Waals surface area contributed by atoms with Gasteiger partial charge in [0.2, 0.25) is 0 Å². The SMILES string of the molecule is Cc1cc(-n2c(=S)[nH]c3c(F)cc(F)cc32)ccc1F. The molecule has 0 aliphatic carbocycles. The Labute approximate surface area is 117 Å². The van der Waals surface area contributed by atoms with Gasteiger partial charge in [0.05, 0.1) is 5.52 Å². The number of benzene rings is 2. The van der Waals surface area contributed by atoms with E-state index in [-0.39, 0.29) is 21.6 Å². The monoisotopic (exact) mass is 294 g/mol. The molecule has 0 aliphatic rings. The van der Waals surface area contributed by atoms with Gasteiger partial charge in [-0.3, -0.25) is 4.57 Å². The van der Waals surface area contributed by atoms with Crippen LogP contribution in [0, 0.1) is 29.1 Å². The van der Waals surface area contributed by atoms with E-state index in [1.54, 1.807) is 13.0 Å². The Morgan fingerprint density at radius 1 is 1.05 bits per heavy atom. The number of halogens is 3. The van der Waals surface area contributed by atoms with E-state index in [1.165, 1.54) is 22.8 Å². The molecule has 1 aromatic heterocycles. The highest BCUT2D eigenvalue weighted by Crippen LogP contribution is 2.24. The van der Waals surface area contributed by atoms with Crippen molar-refractivity contribution in [1.29, 1.82) is 0 Å². The maximum absolute atomic E-state index is 13.7. The third kappa shape index (κ3) is 1.92. The van der Waals surface area contributed by atoms with Gasteiger partial charge in [0.15, 0.2) is 10.6 Å². The summed E-state index contributed by atoms with van der Waals surface area (Å²) in [6, 6.07) is 6.34. The number of hydrogen-bond acceptors (Lipinski definition) is 1. The normalized spacial score (nSPS) is 11.2. The molecular weight excluding hydrogens is 285 g/mol. The zero-order valence-corrected chi connectivity index (χ0v) is 11.2. The first-order chi connectivity index (χ1) is 9.47. The molecule has 1 N–H and O–H groups in total. The molecule has 0 saturated heterocycles. The third-order valence-corrected chi connectivity index (χ3v) is 3.39. The van der Waals surface area contributed by atoms with E-state index in [0.717, 1.165) is 6.07 Å². The molecule has 3 aromatic rings. The molecule has 102 valence electrons. The Bertz CT molecular complexity index is 880. The predicted octanol–water partition coefficient (Wildman–Crippen LogP) is 4.41. The third-order valence-electron chi connectivity index (χ3n) is 3.11. The number of H-pyrrole nitrogens is 1. The number of nitrogens with one attached hydrogen (secondary N) is 1. The average molecular weight is 294 g/mol. The van der Waals surface area contributed by atoms with Crippen LogP contribution in [0.3, 0.4) is 0 Å². The first kappa shape index (κ1) is 12.9. The molecule has 0 fully saturated rings. The average Bonchev–Trinajstić information content (AvgIpc) is 2.70. The lowest BCUT2D eigenvalue weighted by Crippen LogP contribution is -1.96. The topological polar surface area (TPSA) is 20.7 Å². The second-order valence-electron chi connectivity index (χ2n) is 4.48. The van der Waals surface area contributed by atoms with Crippen LogP contribution in [0.2, 0.25) is 0 Å². The molecular formula is C14H9F3N2S. The van der Waals surface area contributed by atoms with Gasteiger partial charge in [0.1, 0.15) is 17.2 Å². The first-order valence-corrected chi connectivity index (χ1v) is 6.24. The number of fused-ring (bicyclic) bond motifs is 1. The van der Waals surface area contributed by atoms with Gasteiger partial charge in [0.25, 0.3) is 0 Å². The van der Waals surface area contributed by atoms with Crippen LogP contribution in [0.25, 0.3) is 16.7 Å². The largest absolute Gasteiger partial charge is 0.328 e. The summed E-state index contributed by atoms with van der Waals surface area (Å²) < 4.78 is 42.1. The first-order valence-electron chi connectivity index (χ1n) is 5.83. The molecule has 3 rings (SSSR count). The van der Waals surface area contributed by atoms with E-state index in [9.17, 15) is 13.2 Å². The number of rotatable bonds is 1. The van der Waals surface area contributed by atoms with Crippen molar-refractivity contribution < 1.29 is 13.2 Å². The van der Waals surface area contributed by atoms with Crippen molar-refractivity contribution in [2.45, 2.75) is 6.92 Å². The molecule has 2 aromatic carbocycles. The molecule has 6 heteroatoms. The lowest BCUT2D eigenvalue weighted by molar-refractivity contribution is 0.590. The smallest absolute Gasteiger partial charge is 0.182 e. The van der Waals surface area contributed by atoms with Crippen LogP contribution in [0.4, 0.5) is 13.2 Å². The van der Waals surface area contributed by atoms with E-state index in [1.807, 2.05) is 0 Å². The number of hydrogen-bond donors (Lipinski definition) is 1. The summed E-state index contributed by atoms with van der Waals surface area (Å²) in [6.07, 6.45) is 0. The molecule has 20 heavy (non-hydrogen) atoms. The molecule has 0 amide bonds. The fourth-order valence-corrected chi connectivity index (χ4v) is 2.46. The van der Waals surface area contributed by atoms with Crippen molar-refractivity contribution in [3.05, 3.63) is 58.1 Å². The van der Waals surface area contributed by atoms with Gasteiger partial charge < -0.3 is 4.98 Å². The number of nitrogens with zero attached hydrogens (tertiary/aromatic N) is 1. The summed E-state index contributed by atoms with van der Waals surface area (Å²) in [6.45, 7) is 1.61. The minimum absolute atomic E-state index is 0.123. The maximum Gasteiger partial charge on any atom is 0.182 e. The van der Waals surface area contributed by atoms with Crippen molar-refractivity contribution in [1.82, 2.24) is 9.55 Å². The van der Waals surface area contributed by atoms with Gasteiger partial charge in [-0.05, 0) is 42.9 Å². The van der Waals surface area contributed by atoms with Crippen LogP contribution in [-0.2, 0) is 0 Å². The zero-order valence-electron chi connectivity index (χ0n) is 10.4. The standard InChI is InChI=1S/C14H9F3N2S/c1-7-4-9(2-3-10(7)16)19-12-6-8(15)5-11(17)13(12)18-14(19)20/h2-6H,1H3,(H,18,20). The molecule has 0 bridgehead atoms. The second kappa shape index (κ2) is 4.49. The summed E-state index contributed by atoms with van der Waals surface area (Å²) in [5.74, 6) is -1.77. The van der Waals surface area contributed by atoms with Crippen molar-refractivity contribution in [3.63, 3.8) is 0 Å². The highest BCUT2D eigenvalue weighted by molar-refractivity contribution is 7.71. The van der Waals surface area contributed by atoms with Crippen LogP contribution in [0.15, 0.2) is 30.3 Å². The minimum Gasteiger partial charge on any atom is -0.328 e. The fourth-order valence-electron chi connectivity index (χ4n) is 2.16. The van der Waals surface area contributed by atoms with Crippen molar-refractivity contribution in [3.8, 4) is 5.69 Å². The predicted molar refractivity (Wildman–Crippen MR) is 73.1 cm³/mol. The van der Waals surface area contributed by atoms with E-state index in [0.29, 0.717) is 11.3 Å². The lowest BCUT2D eigenvalue weighted by atomic mass is 10.2. The van der Waals surface area contributed by atoms with Gasteiger partial charge in [-0.1, -0.05) is 0 Å². The zero-order chi connectivity index (χ0) is 14.4. The number of aromatic nitrogens is 2. The fraction of sp³-hybridized carbons (Fsp3) is 0.0714. The molecule has 0 aliphatic heterocycles. The summed E-state index contributed by atoms with van der Waals surface area (Å²) in [5.41, 5.74) is 1.37. The molecule has 0 radical (unpaired) electrons. The Morgan fingerprint density at radius 3 is 2.50 bits per heavy atom. The van der Waals surface area contributed by atoms with Gasteiger partial charge in [0, 0.05) is 17.8 Å². The molecule has 0 saturated carbocycles. The van der Waals surface area contributed by atoms with Crippen LogP contribution >= 0.6 is 12.2 Å². The Balaban J connectivity index is 2.38. The number of imidazole rings is 1. The lowest BCUT2D eigenvalue weighted by Gasteiger charge is -2.06. The highest BCUT2D eigenvalue weighted by Gasteiger charge is 2.13. The Kier molecular flexibility index (Phi) is 2.90. The van der Waals surface area contributed by atoms with E-state index in [4.69, 9.17) is 12.2 Å². The van der Waals surface area contributed by atoms with Crippen molar-refractivity contribution in [2.24, 2.45) is 0 Å². The van der Waals surface area contributed by atoms with Crippen LogP contribution in [-0.4, -0.2) is 9.55 Å². The second-order valence-corrected chi connectivity index (χ2v) is 4.87.